The van der Waals surface area contributed by atoms with Crippen LogP contribution in [0.2, 0.25) is 10.0 Å². The maximum Gasteiger partial charge on any atom is 0.267 e. The first-order valence-corrected chi connectivity index (χ1v) is 8.65. The number of hydrogen-bond acceptors (Lipinski definition) is 2. The SMILES string of the molecule is N#Cc1cc(-c2ccc(Cl)cc2Cl)c2c(c1)cc1n2CCCNC1=O. The number of fused-ring (bicyclic) bond motifs is 3. The van der Waals surface area contributed by atoms with Crippen LogP contribution in [0.4, 0.5) is 0 Å². The third kappa shape index (κ3) is 2.66. The van der Waals surface area contributed by atoms with E-state index in [0.29, 0.717) is 27.8 Å². The van der Waals surface area contributed by atoms with Crippen molar-refractivity contribution in [3.05, 3.63) is 57.7 Å². The Hall–Kier alpha value is -2.48. The number of carbonyl (C=O) groups is 1. The highest BCUT2D eigenvalue weighted by Crippen LogP contribution is 2.37. The van der Waals surface area contributed by atoms with E-state index in [0.717, 1.165) is 35.0 Å². The lowest BCUT2D eigenvalue weighted by atomic mass is 10.00. The second kappa shape index (κ2) is 6.11. The van der Waals surface area contributed by atoms with Crippen molar-refractivity contribution in [3.63, 3.8) is 0 Å². The van der Waals surface area contributed by atoms with Gasteiger partial charge in [-0.2, -0.15) is 5.26 Å². The zero-order valence-electron chi connectivity index (χ0n) is 13.1. The molecule has 124 valence electrons. The first kappa shape index (κ1) is 16.0. The monoisotopic (exact) mass is 369 g/mol. The molecule has 4 rings (SSSR count). The molecular weight excluding hydrogens is 357 g/mol. The Kier molecular flexibility index (Phi) is 3.91. The first-order chi connectivity index (χ1) is 12.1. The Bertz CT molecular complexity index is 1060. The third-order valence-corrected chi connectivity index (χ3v) is 4.97. The summed E-state index contributed by atoms with van der Waals surface area (Å²) >= 11 is 12.4. The number of nitriles is 1. The number of amides is 1. The van der Waals surface area contributed by atoms with Crippen molar-refractivity contribution in [2.75, 3.05) is 6.54 Å². The summed E-state index contributed by atoms with van der Waals surface area (Å²) in [4.78, 5) is 12.3. The molecule has 6 heteroatoms. The number of hydrogen-bond donors (Lipinski definition) is 1. The van der Waals surface area contributed by atoms with E-state index < -0.39 is 0 Å². The Labute approximate surface area is 154 Å². The summed E-state index contributed by atoms with van der Waals surface area (Å²) in [5.41, 5.74) is 3.66. The molecule has 1 aliphatic heterocycles. The molecule has 1 aliphatic rings. The molecule has 2 aromatic carbocycles. The second-order valence-electron chi connectivity index (χ2n) is 5.99. The van der Waals surface area contributed by atoms with Crippen molar-refractivity contribution in [3.8, 4) is 17.2 Å². The topological polar surface area (TPSA) is 57.8 Å². The van der Waals surface area contributed by atoms with Crippen LogP contribution in [0.3, 0.4) is 0 Å². The first-order valence-electron chi connectivity index (χ1n) is 7.89. The highest BCUT2D eigenvalue weighted by atomic mass is 35.5. The zero-order chi connectivity index (χ0) is 17.6. The molecule has 0 atom stereocenters. The van der Waals surface area contributed by atoms with Crippen LogP contribution in [0, 0.1) is 11.3 Å². The second-order valence-corrected chi connectivity index (χ2v) is 6.83. The fraction of sp³-hybridized carbons (Fsp3) is 0.158. The standard InChI is InChI=1S/C19H13Cl2N3O/c20-13-2-3-14(16(21)9-13)15-7-11(10-22)6-12-8-17-19(25)23-4-1-5-24(17)18(12)15/h2-3,6-9H,1,4-5H2,(H,23,25). The Morgan fingerprint density at radius 1 is 1.12 bits per heavy atom. The van der Waals surface area contributed by atoms with E-state index in [1.54, 1.807) is 18.2 Å². The number of nitrogens with one attached hydrogen (secondary N) is 1. The number of rotatable bonds is 1. The van der Waals surface area contributed by atoms with Gasteiger partial charge in [0.05, 0.1) is 17.1 Å². The number of carbonyl (C=O) groups excluding carboxylic acids is 1. The van der Waals surface area contributed by atoms with Crippen molar-refractivity contribution >= 4 is 40.0 Å². The molecule has 0 fully saturated rings. The minimum Gasteiger partial charge on any atom is -0.351 e. The fourth-order valence-corrected chi connectivity index (χ4v) is 3.85. The smallest absolute Gasteiger partial charge is 0.267 e. The minimum absolute atomic E-state index is 0.0969. The molecule has 0 radical (unpaired) electrons. The summed E-state index contributed by atoms with van der Waals surface area (Å²) in [6.45, 7) is 1.37. The van der Waals surface area contributed by atoms with Gasteiger partial charge >= 0.3 is 0 Å². The Morgan fingerprint density at radius 2 is 1.96 bits per heavy atom. The Morgan fingerprint density at radius 3 is 2.72 bits per heavy atom. The van der Waals surface area contributed by atoms with Gasteiger partial charge in [-0.1, -0.05) is 29.3 Å². The Balaban J connectivity index is 2.09. The molecule has 25 heavy (non-hydrogen) atoms. The van der Waals surface area contributed by atoms with Crippen molar-refractivity contribution in [1.29, 1.82) is 5.26 Å². The van der Waals surface area contributed by atoms with Gasteiger partial charge in [-0.25, -0.2) is 0 Å². The summed E-state index contributed by atoms with van der Waals surface area (Å²) < 4.78 is 2.01. The predicted molar refractivity (Wildman–Crippen MR) is 99.1 cm³/mol. The third-order valence-electron chi connectivity index (χ3n) is 4.42. The van der Waals surface area contributed by atoms with Crippen molar-refractivity contribution in [1.82, 2.24) is 9.88 Å². The number of aryl methyl sites for hydroxylation is 1. The van der Waals surface area contributed by atoms with E-state index in [4.69, 9.17) is 23.2 Å². The van der Waals surface area contributed by atoms with Crippen LogP contribution in [-0.4, -0.2) is 17.0 Å². The summed E-state index contributed by atoms with van der Waals surface area (Å²) in [6.07, 6.45) is 0.844. The van der Waals surface area contributed by atoms with Crippen LogP contribution < -0.4 is 5.32 Å². The van der Waals surface area contributed by atoms with Gasteiger partial charge in [-0.05, 0) is 36.8 Å². The molecule has 0 unspecified atom stereocenters. The predicted octanol–water partition coefficient (Wildman–Crippen LogP) is 4.62. The van der Waals surface area contributed by atoms with Crippen molar-refractivity contribution in [2.45, 2.75) is 13.0 Å². The maximum absolute atomic E-state index is 12.3. The number of halogens is 2. The molecule has 1 aromatic heterocycles. The molecule has 1 N–H and O–H groups in total. The van der Waals surface area contributed by atoms with Crippen LogP contribution in [0.5, 0.6) is 0 Å². The van der Waals surface area contributed by atoms with E-state index in [9.17, 15) is 10.1 Å². The average Bonchev–Trinajstić information content (AvgIpc) is 2.87. The van der Waals surface area contributed by atoms with Gasteiger partial charge in [0, 0.05) is 39.6 Å². The molecular formula is C19H13Cl2N3O. The minimum atomic E-state index is -0.0969. The van der Waals surface area contributed by atoms with Crippen LogP contribution in [0.15, 0.2) is 36.4 Å². The van der Waals surface area contributed by atoms with Gasteiger partial charge in [0.2, 0.25) is 0 Å². The van der Waals surface area contributed by atoms with Gasteiger partial charge in [-0.3, -0.25) is 4.79 Å². The molecule has 0 saturated carbocycles. The molecule has 4 nitrogen and oxygen atoms in total. The summed E-state index contributed by atoms with van der Waals surface area (Å²) in [5.74, 6) is -0.0969. The average molecular weight is 370 g/mol. The molecule has 0 bridgehead atoms. The highest BCUT2D eigenvalue weighted by molar-refractivity contribution is 6.36. The van der Waals surface area contributed by atoms with Crippen LogP contribution in [0.1, 0.15) is 22.5 Å². The lowest BCUT2D eigenvalue weighted by Crippen LogP contribution is -2.22. The van der Waals surface area contributed by atoms with E-state index >= 15 is 0 Å². The number of nitrogens with zero attached hydrogens (tertiary/aromatic N) is 2. The normalized spacial score (nSPS) is 13.9. The lowest BCUT2D eigenvalue weighted by Gasteiger charge is -2.12. The van der Waals surface area contributed by atoms with E-state index in [1.165, 1.54) is 0 Å². The lowest BCUT2D eigenvalue weighted by molar-refractivity contribution is 0.0951. The quantitative estimate of drug-likeness (QED) is 0.680. The highest BCUT2D eigenvalue weighted by Gasteiger charge is 2.22. The van der Waals surface area contributed by atoms with Gasteiger partial charge in [0.15, 0.2) is 0 Å². The summed E-state index contributed by atoms with van der Waals surface area (Å²) in [5, 5.41) is 14.2. The molecule has 1 amide bonds. The largest absolute Gasteiger partial charge is 0.351 e. The summed E-state index contributed by atoms with van der Waals surface area (Å²) in [6, 6.07) is 12.9. The number of benzene rings is 2. The molecule has 3 aromatic rings. The van der Waals surface area contributed by atoms with Gasteiger partial charge in [0.1, 0.15) is 5.69 Å². The summed E-state index contributed by atoms with van der Waals surface area (Å²) in [7, 11) is 0. The molecule has 0 saturated heterocycles. The van der Waals surface area contributed by atoms with Gasteiger partial charge in [-0.15, -0.1) is 0 Å². The van der Waals surface area contributed by atoms with E-state index in [2.05, 4.69) is 11.4 Å². The molecule has 0 spiro atoms. The van der Waals surface area contributed by atoms with Crippen molar-refractivity contribution < 1.29 is 4.79 Å². The molecule has 0 aliphatic carbocycles. The fourth-order valence-electron chi connectivity index (χ4n) is 3.34. The van der Waals surface area contributed by atoms with E-state index in [1.807, 2.05) is 22.8 Å². The van der Waals surface area contributed by atoms with Crippen LogP contribution in [0.25, 0.3) is 22.0 Å². The van der Waals surface area contributed by atoms with Gasteiger partial charge < -0.3 is 9.88 Å². The zero-order valence-corrected chi connectivity index (χ0v) is 14.7. The van der Waals surface area contributed by atoms with Crippen LogP contribution >= 0.6 is 23.2 Å². The number of aromatic nitrogens is 1. The van der Waals surface area contributed by atoms with Gasteiger partial charge in [0.25, 0.3) is 5.91 Å². The van der Waals surface area contributed by atoms with Crippen LogP contribution in [-0.2, 0) is 6.54 Å². The molecule has 2 heterocycles. The van der Waals surface area contributed by atoms with Crippen molar-refractivity contribution in [2.24, 2.45) is 0 Å². The maximum atomic E-state index is 12.3. The van der Waals surface area contributed by atoms with E-state index in [-0.39, 0.29) is 5.91 Å².